The van der Waals surface area contributed by atoms with Gasteiger partial charge in [0, 0.05) is 20.3 Å². The van der Waals surface area contributed by atoms with Gasteiger partial charge in [0.05, 0.1) is 24.1 Å². The van der Waals surface area contributed by atoms with E-state index in [1.807, 2.05) is 6.07 Å². The fourth-order valence-corrected chi connectivity index (χ4v) is 4.05. The van der Waals surface area contributed by atoms with Crippen LogP contribution in [0.3, 0.4) is 0 Å². The van der Waals surface area contributed by atoms with E-state index in [0.717, 1.165) is 5.56 Å². The van der Waals surface area contributed by atoms with Crippen molar-refractivity contribution in [1.29, 1.82) is 0 Å². The van der Waals surface area contributed by atoms with Crippen LogP contribution in [-0.4, -0.2) is 44.8 Å². The fraction of sp³-hybridized carbons (Fsp3) is 0.280. The molecule has 2 aromatic carbocycles. The van der Waals surface area contributed by atoms with Gasteiger partial charge in [-0.15, -0.1) is 0 Å². The molecule has 4 rings (SSSR count). The lowest BCUT2D eigenvalue weighted by molar-refractivity contribution is 0.0707. The number of hydrogen-bond acceptors (Lipinski definition) is 6. The molecular formula is C25H25NO6. The predicted octanol–water partition coefficient (Wildman–Crippen LogP) is 3.95. The molecule has 7 heteroatoms. The van der Waals surface area contributed by atoms with Crippen molar-refractivity contribution in [1.82, 2.24) is 4.90 Å². The Bertz CT molecular complexity index is 1210. The number of hydrogen-bond donors (Lipinski definition) is 0. The van der Waals surface area contributed by atoms with E-state index in [1.54, 1.807) is 61.6 Å². The van der Waals surface area contributed by atoms with Gasteiger partial charge in [0.1, 0.15) is 12.2 Å². The molecule has 0 fully saturated rings. The highest BCUT2D eigenvalue weighted by molar-refractivity contribution is 5.99. The number of para-hydroxylation sites is 1. The fourth-order valence-electron chi connectivity index (χ4n) is 4.05. The van der Waals surface area contributed by atoms with E-state index >= 15 is 0 Å². The van der Waals surface area contributed by atoms with Gasteiger partial charge < -0.3 is 23.5 Å². The molecule has 1 aliphatic rings. The molecule has 1 aromatic heterocycles. The maximum absolute atomic E-state index is 13.5. The van der Waals surface area contributed by atoms with Gasteiger partial charge in [-0.2, -0.15) is 0 Å². The summed E-state index contributed by atoms with van der Waals surface area (Å²) in [5, 5.41) is 0.445. The van der Waals surface area contributed by atoms with Crippen molar-refractivity contribution in [2.75, 3.05) is 34.0 Å². The molecule has 3 aromatic rings. The predicted molar refractivity (Wildman–Crippen MR) is 121 cm³/mol. The van der Waals surface area contributed by atoms with Gasteiger partial charge in [0.15, 0.2) is 16.9 Å². The summed E-state index contributed by atoms with van der Waals surface area (Å²) in [5.74, 6) is 0.835. The molecule has 1 atom stereocenters. The zero-order valence-electron chi connectivity index (χ0n) is 18.1. The summed E-state index contributed by atoms with van der Waals surface area (Å²) in [6, 6.07) is 11.8. The number of benzene rings is 2. The Hall–Kier alpha value is -3.58. The monoisotopic (exact) mass is 435 g/mol. The first-order valence-electron chi connectivity index (χ1n) is 10.4. The number of carbonyl (C=O) groups is 1. The van der Waals surface area contributed by atoms with Gasteiger partial charge in [0.25, 0.3) is 5.91 Å². The number of ether oxygens (including phenoxy) is 3. The van der Waals surface area contributed by atoms with Crippen molar-refractivity contribution in [2.24, 2.45) is 0 Å². The third kappa shape index (κ3) is 3.76. The smallest absolute Gasteiger partial charge is 0.290 e. The molecule has 1 aliphatic heterocycles. The highest BCUT2D eigenvalue weighted by Crippen LogP contribution is 2.41. The Balaban J connectivity index is 1.86. The molecular weight excluding hydrogens is 410 g/mol. The number of carbonyl (C=O) groups excluding carboxylic acids is 1. The summed E-state index contributed by atoms with van der Waals surface area (Å²) in [7, 11) is 3.16. The second-order valence-electron chi connectivity index (χ2n) is 7.43. The van der Waals surface area contributed by atoms with Gasteiger partial charge in [-0.05, 0) is 36.2 Å². The van der Waals surface area contributed by atoms with Crippen molar-refractivity contribution in [3.8, 4) is 11.5 Å². The van der Waals surface area contributed by atoms with Crippen molar-refractivity contribution in [3.63, 3.8) is 0 Å². The van der Waals surface area contributed by atoms with Crippen LogP contribution in [-0.2, 0) is 4.74 Å². The maximum atomic E-state index is 13.5. The first kappa shape index (κ1) is 21.6. The van der Waals surface area contributed by atoms with E-state index in [2.05, 4.69) is 6.58 Å². The van der Waals surface area contributed by atoms with Crippen LogP contribution >= 0.6 is 0 Å². The Morgan fingerprint density at radius 2 is 1.94 bits per heavy atom. The molecule has 0 saturated heterocycles. The summed E-state index contributed by atoms with van der Waals surface area (Å²) >= 11 is 0. The van der Waals surface area contributed by atoms with Crippen molar-refractivity contribution < 1.29 is 23.4 Å². The van der Waals surface area contributed by atoms with Crippen molar-refractivity contribution in [2.45, 2.75) is 12.5 Å². The molecule has 0 N–H and O–H groups in total. The van der Waals surface area contributed by atoms with Gasteiger partial charge in [0.2, 0.25) is 5.76 Å². The van der Waals surface area contributed by atoms with Crippen LogP contribution in [0.5, 0.6) is 11.5 Å². The van der Waals surface area contributed by atoms with E-state index < -0.39 is 6.04 Å². The molecule has 1 unspecified atom stereocenters. The Morgan fingerprint density at radius 3 is 2.69 bits per heavy atom. The minimum atomic E-state index is -0.599. The van der Waals surface area contributed by atoms with Crippen LogP contribution in [0.25, 0.3) is 11.0 Å². The molecule has 0 bridgehead atoms. The lowest BCUT2D eigenvalue weighted by Crippen LogP contribution is -2.31. The summed E-state index contributed by atoms with van der Waals surface area (Å²) in [6.45, 7) is 4.90. The highest BCUT2D eigenvalue weighted by Gasteiger charge is 2.42. The molecule has 0 aliphatic carbocycles. The van der Waals surface area contributed by atoms with Crippen LogP contribution < -0.4 is 14.9 Å². The van der Waals surface area contributed by atoms with Gasteiger partial charge in [-0.3, -0.25) is 9.59 Å². The Labute approximate surface area is 185 Å². The molecule has 7 nitrogen and oxygen atoms in total. The number of methoxy groups -OCH3 is 2. The molecule has 0 radical (unpaired) electrons. The lowest BCUT2D eigenvalue weighted by atomic mass is 9.98. The second-order valence-corrected chi connectivity index (χ2v) is 7.43. The summed E-state index contributed by atoms with van der Waals surface area (Å²) in [6.07, 6.45) is 2.27. The zero-order valence-corrected chi connectivity index (χ0v) is 18.1. The number of amides is 1. The topological polar surface area (TPSA) is 78.2 Å². The van der Waals surface area contributed by atoms with Crippen LogP contribution in [0.4, 0.5) is 0 Å². The first-order valence-corrected chi connectivity index (χ1v) is 10.4. The second kappa shape index (κ2) is 9.28. The molecule has 166 valence electrons. The standard InChI is InChI=1S/C25H25NO6/c1-4-13-31-19-11-10-16(15-20(19)30-3)22-21-23(27)17-8-5-6-9-18(17)32-24(21)25(28)26(22)12-7-14-29-2/h4-6,8-11,15,22H,1,7,12-14H2,2-3H3. The Kier molecular flexibility index (Phi) is 6.28. The van der Waals surface area contributed by atoms with E-state index in [1.165, 1.54) is 0 Å². The molecule has 1 amide bonds. The van der Waals surface area contributed by atoms with Crippen LogP contribution in [0.2, 0.25) is 0 Å². The SMILES string of the molecule is C=CCOc1ccc(C2c3c(oc4ccccc4c3=O)C(=O)N2CCCOC)cc1OC. The third-order valence-corrected chi connectivity index (χ3v) is 5.48. The highest BCUT2D eigenvalue weighted by atomic mass is 16.5. The lowest BCUT2D eigenvalue weighted by Gasteiger charge is -2.25. The Morgan fingerprint density at radius 1 is 1.12 bits per heavy atom. The van der Waals surface area contributed by atoms with E-state index in [-0.39, 0.29) is 17.1 Å². The minimum absolute atomic E-state index is 0.0852. The van der Waals surface area contributed by atoms with Gasteiger partial charge >= 0.3 is 0 Å². The number of rotatable bonds is 9. The zero-order chi connectivity index (χ0) is 22.7. The van der Waals surface area contributed by atoms with Crippen molar-refractivity contribution in [3.05, 3.63) is 82.2 Å². The molecule has 32 heavy (non-hydrogen) atoms. The normalized spacial score (nSPS) is 15.1. The summed E-state index contributed by atoms with van der Waals surface area (Å²) in [5.41, 5.74) is 1.26. The molecule has 2 heterocycles. The number of nitrogens with zero attached hydrogens (tertiary/aromatic N) is 1. The molecule has 0 spiro atoms. The van der Waals surface area contributed by atoms with Gasteiger partial charge in [-0.25, -0.2) is 0 Å². The quantitative estimate of drug-likeness (QED) is 0.374. The summed E-state index contributed by atoms with van der Waals surface area (Å²) in [4.78, 5) is 28.4. The number of fused-ring (bicyclic) bond motifs is 2. The van der Waals surface area contributed by atoms with Crippen molar-refractivity contribution >= 4 is 16.9 Å². The minimum Gasteiger partial charge on any atom is -0.493 e. The van der Waals surface area contributed by atoms with Crippen LogP contribution in [0, 0.1) is 0 Å². The third-order valence-electron chi connectivity index (χ3n) is 5.48. The van der Waals surface area contributed by atoms with Gasteiger partial charge in [-0.1, -0.05) is 30.9 Å². The maximum Gasteiger partial charge on any atom is 0.290 e. The van der Waals surface area contributed by atoms with Crippen LogP contribution in [0.15, 0.2) is 64.3 Å². The molecule has 0 saturated carbocycles. The van der Waals surface area contributed by atoms with E-state index in [4.69, 9.17) is 18.6 Å². The average Bonchev–Trinajstić information content (AvgIpc) is 3.10. The van der Waals surface area contributed by atoms with E-state index in [0.29, 0.717) is 54.2 Å². The average molecular weight is 435 g/mol. The summed E-state index contributed by atoms with van der Waals surface area (Å²) < 4.78 is 22.3. The first-order chi connectivity index (χ1) is 15.6. The van der Waals surface area contributed by atoms with E-state index in [9.17, 15) is 9.59 Å². The largest absolute Gasteiger partial charge is 0.493 e. The van der Waals surface area contributed by atoms with Crippen LogP contribution in [0.1, 0.15) is 34.1 Å².